The molecule has 2 nitrogen and oxygen atoms in total. The predicted octanol–water partition coefficient (Wildman–Crippen LogP) is 6.11. The van der Waals surface area contributed by atoms with Crippen molar-refractivity contribution in [2.24, 2.45) is 17.3 Å². The molecular weight excluding hydrogens is 368 g/mol. The van der Waals surface area contributed by atoms with Crippen molar-refractivity contribution in [3.8, 4) is 0 Å². The van der Waals surface area contributed by atoms with Gasteiger partial charge in [0.05, 0.1) is 0 Å². The van der Waals surface area contributed by atoms with E-state index < -0.39 is 0 Å². The third-order valence-electron chi connectivity index (χ3n) is 6.32. The van der Waals surface area contributed by atoms with E-state index in [0.29, 0.717) is 17.5 Å². The van der Waals surface area contributed by atoms with Gasteiger partial charge in [-0.1, -0.05) is 55.0 Å². The van der Waals surface area contributed by atoms with Gasteiger partial charge >= 0.3 is 0 Å². The van der Waals surface area contributed by atoms with Gasteiger partial charge in [0.15, 0.2) is 0 Å². The number of nitrogens with one attached hydrogen (secondary N) is 2. The molecule has 0 radical (unpaired) electrons. The van der Waals surface area contributed by atoms with E-state index >= 15 is 0 Å². The average molecular weight is 409 g/mol. The third kappa shape index (κ3) is 6.99. The van der Waals surface area contributed by atoms with Crippen LogP contribution in [-0.4, -0.2) is 24.9 Å². The molecule has 1 saturated carbocycles. The lowest BCUT2D eigenvalue weighted by Crippen LogP contribution is -2.45. The van der Waals surface area contributed by atoms with Gasteiger partial charge in [-0.2, -0.15) is 0 Å². The van der Waals surface area contributed by atoms with Crippen LogP contribution in [0.3, 0.4) is 0 Å². The molecule has 2 rings (SSSR count). The summed E-state index contributed by atoms with van der Waals surface area (Å²) in [6, 6.07) is 11.9. The summed E-state index contributed by atoms with van der Waals surface area (Å²) in [6.45, 7) is 9.50. The first-order valence-electron chi connectivity index (χ1n) is 10.4. The second-order valence-corrected chi connectivity index (χ2v) is 11.7. The SMILES string of the molecule is CNC(CC(C)(C)CC1CC(C(CC(C)(C)SS)NC)C1)c1ccccc1. The number of benzene rings is 1. The number of thiol groups is 1. The highest BCUT2D eigenvalue weighted by Gasteiger charge is 2.39. The van der Waals surface area contributed by atoms with E-state index in [2.05, 4.69) is 94.4 Å². The second-order valence-electron chi connectivity index (χ2n) is 9.87. The first-order valence-corrected chi connectivity index (χ1v) is 12.3. The summed E-state index contributed by atoms with van der Waals surface area (Å²) in [5.41, 5.74) is 1.76. The standard InChI is InChI=1S/C23H40N2S2/c1-22(2,15-20(24-5)18-10-8-7-9-11-18)14-17-12-19(13-17)21(25-6)16-23(3,4)27-26/h7-11,17,19-21,24-26H,12-16H2,1-6H3. The largest absolute Gasteiger partial charge is 0.317 e. The van der Waals surface area contributed by atoms with Gasteiger partial charge in [-0.05, 0) is 82.9 Å². The van der Waals surface area contributed by atoms with Gasteiger partial charge in [-0.15, -0.1) is 11.7 Å². The quantitative estimate of drug-likeness (QED) is 0.304. The summed E-state index contributed by atoms with van der Waals surface area (Å²) in [4.78, 5) is 0. The van der Waals surface area contributed by atoms with E-state index in [0.717, 1.165) is 11.8 Å². The molecule has 2 unspecified atom stereocenters. The zero-order chi connectivity index (χ0) is 20.1. The van der Waals surface area contributed by atoms with E-state index in [4.69, 9.17) is 0 Å². The zero-order valence-corrected chi connectivity index (χ0v) is 19.8. The maximum absolute atomic E-state index is 4.46. The Morgan fingerprint density at radius 3 is 2.19 bits per heavy atom. The smallest absolute Gasteiger partial charge is 0.0322 e. The van der Waals surface area contributed by atoms with Crippen LogP contribution in [0.1, 0.15) is 71.4 Å². The van der Waals surface area contributed by atoms with Gasteiger partial charge in [0.2, 0.25) is 0 Å². The van der Waals surface area contributed by atoms with E-state index in [1.54, 1.807) is 10.8 Å². The van der Waals surface area contributed by atoms with Crippen LogP contribution in [0.2, 0.25) is 0 Å². The molecule has 0 heterocycles. The van der Waals surface area contributed by atoms with Crippen molar-refractivity contribution in [3.63, 3.8) is 0 Å². The molecule has 0 bridgehead atoms. The van der Waals surface area contributed by atoms with Crippen molar-refractivity contribution in [1.29, 1.82) is 0 Å². The topological polar surface area (TPSA) is 24.1 Å². The van der Waals surface area contributed by atoms with Crippen LogP contribution in [-0.2, 0) is 0 Å². The Labute approximate surface area is 176 Å². The van der Waals surface area contributed by atoms with Crippen LogP contribution < -0.4 is 10.6 Å². The lowest BCUT2D eigenvalue weighted by atomic mass is 9.63. The van der Waals surface area contributed by atoms with Crippen molar-refractivity contribution in [2.45, 2.75) is 76.6 Å². The van der Waals surface area contributed by atoms with Crippen molar-refractivity contribution < 1.29 is 0 Å². The van der Waals surface area contributed by atoms with E-state index in [1.165, 1.54) is 37.7 Å². The first-order chi connectivity index (χ1) is 12.7. The van der Waals surface area contributed by atoms with Crippen LogP contribution in [0.5, 0.6) is 0 Å². The summed E-state index contributed by atoms with van der Waals surface area (Å²) in [6.07, 6.45) is 6.45. The molecule has 0 aromatic heterocycles. The number of hydrogen-bond donors (Lipinski definition) is 3. The van der Waals surface area contributed by atoms with E-state index in [1.807, 2.05) is 0 Å². The van der Waals surface area contributed by atoms with Gasteiger partial charge in [-0.3, -0.25) is 0 Å². The Hall–Kier alpha value is -0.160. The summed E-state index contributed by atoms with van der Waals surface area (Å²) < 4.78 is 0.233. The summed E-state index contributed by atoms with van der Waals surface area (Å²) >= 11 is 4.46. The lowest BCUT2D eigenvalue weighted by molar-refractivity contribution is 0.0864. The van der Waals surface area contributed by atoms with Crippen LogP contribution in [0, 0.1) is 17.3 Å². The fraction of sp³-hybridized carbons (Fsp3) is 0.739. The van der Waals surface area contributed by atoms with Gasteiger partial charge in [-0.25, -0.2) is 0 Å². The van der Waals surface area contributed by atoms with Crippen LogP contribution >= 0.6 is 22.5 Å². The summed E-state index contributed by atoms with van der Waals surface area (Å²) in [5, 5.41) is 7.12. The summed E-state index contributed by atoms with van der Waals surface area (Å²) in [7, 11) is 5.90. The maximum atomic E-state index is 4.46. The molecule has 2 atom stereocenters. The minimum Gasteiger partial charge on any atom is -0.317 e. The molecule has 1 aliphatic rings. The molecule has 0 aliphatic heterocycles. The molecule has 0 amide bonds. The predicted molar refractivity (Wildman–Crippen MR) is 126 cm³/mol. The molecule has 1 aliphatic carbocycles. The van der Waals surface area contributed by atoms with Gasteiger partial charge < -0.3 is 10.6 Å². The summed E-state index contributed by atoms with van der Waals surface area (Å²) in [5.74, 6) is 1.70. The molecule has 0 spiro atoms. The van der Waals surface area contributed by atoms with E-state index in [9.17, 15) is 0 Å². The van der Waals surface area contributed by atoms with Crippen molar-refractivity contribution >= 4 is 22.5 Å². The molecular formula is C23H40N2S2. The lowest BCUT2D eigenvalue weighted by Gasteiger charge is -2.45. The number of rotatable bonds is 11. The highest BCUT2D eigenvalue weighted by molar-refractivity contribution is 8.69. The highest BCUT2D eigenvalue weighted by atomic mass is 33.1. The Morgan fingerprint density at radius 1 is 1.04 bits per heavy atom. The minimum atomic E-state index is 0.233. The van der Waals surface area contributed by atoms with Gasteiger partial charge in [0.25, 0.3) is 0 Å². The van der Waals surface area contributed by atoms with E-state index in [-0.39, 0.29) is 4.75 Å². The highest BCUT2D eigenvalue weighted by Crippen LogP contribution is 2.47. The molecule has 1 aromatic carbocycles. The Kier molecular flexibility index (Phi) is 8.60. The van der Waals surface area contributed by atoms with Crippen LogP contribution in [0.4, 0.5) is 0 Å². The van der Waals surface area contributed by atoms with Gasteiger partial charge in [0, 0.05) is 16.8 Å². The molecule has 154 valence electrons. The van der Waals surface area contributed by atoms with Crippen LogP contribution in [0.25, 0.3) is 0 Å². The average Bonchev–Trinajstić information content (AvgIpc) is 2.61. The van der Waals surface area contributed by atoms with Crippen LogP contribution in [0.15, 0.2) is 30.3 Å². The molecule has 1 fully saturated rings. The zero-order valence-electron chi connectivity index (χ0n) is 18.1. The first kappa shape index (κ1) is 23.1. The van der Waals surface area contributed by atoms with Gasteiger partial charge in [0.1, 0.15) is 0 Å². The molecule has 1 aromatic rings. The minimum absolute atomic E-state index is 0.233. The molecule has 4 heteroatoms. The van der Waals surface area contributed by atoms with Crippen molar-refractivity contribution in [2.75, 3.05) is 14.1 Å². The molecule has 0 saturated heterocycles. The molecule has 27 heavy (non-hydrogen) atoms. The van der Waals surface area contributed by atoms with Crippen molar-refractivity contribution in [1.82, 2.24) is 10.6 Å². The Balaban J connectivity index is 1.85. The fourth-order valence-electron chi connectivity index (χ4n) is 4.84. The second kappa shape index (κ2) is 10.0. The third-order valence-corrected chi connectivity index (χ3v) is 8.46. The monoisotopic (exact) mass is 408 g/mol. The van der Waals surface area contributed by atoms with Crippen molar-refractivity contribution in [3.05, 3.63) is 35.9 Å². The Morgan fingerprint density at radius 2 is 1.67 bits per heavy atom. The number of hydrogen-bond acceptors (Lipinski definition) is 4. The Bertz CT molecular complexity index is 553. The molecule has 2 N–H and O–H groups in total. The normalized spacial score (nSPS) is 22.9. The fourth-order valence-corrected chi connectivity index (χ4v) is 5.32. The maximum Gasteiger partial charge on any atom is 0.0322 e.